The Labute approximate surface area is 181 Å². The van der Waals surface area contributed by atoms with Crippen molar-refractivity contribution in [2.24, 2.45) is 0 Å². The molecule has 0 N–H and O–H groups in total. The molecule has 7 heteroatoms. The minimum Gasteiger partial charge on any atom is -0.467 e. The fraction of sp³-hybridized carbons (Fsp3) is 0.545. The van der Waals surface area contributed by atoms with Gasteiger partial charge in [0.2, 0.25) is 0 Å². The summed E-state index contributed by atoms with van der Waals surface area (Å²) in [5.74, 6) is 1.17. The van der Waals surface area contributed by atoms with Crippen LogP contribution in [0, 0.1) is 0 Å². The van der Waals surface area contributed by atoms with Crippen LogP contribution in [0.15, 0.2) is 40.7 Å². The molecule has 1 aromatic heterocycles. The summed E-state index contributed by atoms with van der Waals surface area (Å²) in [6.45, 7) is 5.98. The van der Waals surface area contributed by atoms with E-state index in [-0.39, 0.29) is 12.0 Å². The Morgan fingerprint density at radius 1 is 1.17 bits per heavy atom. The van der Waals surface area contributed by atoms with E-state index in [0.717, 1.165) is 73.3 Å². The van der Waals surface area contributed by atoms with Crippen LogP contribution in [-0.2, 0) is 0 Å². The molecule has 0 aliphatic carbocycles. The highest BCUT2D eigenvalue weighted by molar-refractivity contribution is 7.99. The molecule has 2 aliphatic heterocycles. The van der Waals surface area contributed by atoms with Crippen molar-refractivity contribution in [2.75, 3.05) is 31.9 Å². The molecule has 1 amide bonds. The van der Waals surface area contributed by atoms with Crippen LogP contribution >= 0.6 is 23.1 Å². The van der Waals surface area contributed by atoms with E-state index in [2.05, 4.69) is 22.9 Å². The third-order valence-electron chi connectivity index (χ3n) is 5.84. The number of aromatic nitrogens is 1. The SMILES string of the molecule is CCSc1ccccc1C(=O)N1CCC(N2CCC(Oc3nccs3)CC2)CC1. The van der Waals surface area contributed by atoms with Gasteiger partial charge in [0.25, 0.3) is 11.1 Å². The van der Waals surface area contributed by atoms with E-state index in [4.69, 9.17) is 4.74 Å². The number of hydrogen-bond donors (Lipinski definition) is 0. The van der Waals surface area contributed by atoms with E-state index in [1.54, 1.807) is 29.3 Å². The third-order valence-corrected chi connectivity index (χ3v) is 7.46. The molecule has 2 aliphatic rings. The van der Waals surface area contributed by atoms with E-state index >= 15 is 0 Å². The van der Waals surface area contributed by atoms with Gasteiger partial charge in [0.1, 0.15) is 6.10 Å². The summed E-state index contributed by atoms with van der Waals surface area (Å²) in [6, 6.07) is 8.60. The van der Waals surface area contributed by atoms with Gasteiger partial charge in [-0.3, -0.25) is 9.69 Å². The van der Waals surface area contributed by atoms with Crippen LogP contribution in [0.2, 0.25) is 0 Å². The molecule has 0 unspecified atom stereocenters. The number of thiazole rings is 1. The third kappa shape index (κ3) is 5.13. The Morgan fingerprint density at radius 2 is 1.93 bits per heavy atom. The topological polar surface area (TPSA) is 45.7 Å². The first-order valence-electron chi connectivity index (χ1n) is 10.6. The number of thioether (sulfide) groups is 1. The van der Waals surface area contributed by atoms with Crippen LogP contribution in [0.5, 0.6) is 5.19 Å². The summed E-state index contributed by atoms with van der Waals surface area (Å²) in [4.78, 5) is 23.0. The Morgan fingerprint density at radius 3 is 2.62 bits per heavy atom. The van der Waals surface area contributed by atoms with Gasteiger partial charge in [-0.1, -0.05) is 30.4 Å². The van der Waals surface area contributed by atoms with Gasteiger partial charge < -0.3 is 9.64 Å². The van der Waals surface area contributed by atoms with Gasteiger partial charge in [0.15, 0.2) is 0 Å². The molecule has 1 aromatic carbocycles. The standard InChI is InChI=1S/C22H29N3O2S2/c1-2-28-20-6-4-3-5-19(20)21(26)25-12-7-17(8-13-25)24-14-9-18(10-15-24)27-22-23-11-16-29-22/h3-6,11,16-18H,2,7-10,12-15H2,1H3. The maximum Gasteiger partial charge on any atom is 0.273 e. The molecule has 4 rings (SSSR count). The van der Waals surface area contributed by atoms with Gasteiger partial charge in [0, 0.05) is 48.7 Å². The first kappa shape index (κ1) is 20.7. The predicted octanol–water partition coefficient (Wildman–Crippen LogP) is 4.40. The van der Waals surface area contributed by atoms with Crippen molar-refractivity contribution in [3.63, 3.8) is 0 Å². The highest BCUT2D eigenvalue weighted by Crippen LogP contribution is 2.27. The van der Waals surface area contributed by atoms with Crippen molar-refractivity contribution in [2.45, 2.75) is 49.6 Å². The van der Waals surface area contributed by atoms with Crippen molar-refractivity contribution < 1.29 is 9.53 Å². The van der Waals surface area contributed by atoms with E-state index in [1.165, 1.54) is 0 Å². The van der Waals surface area contributed by atoms with Crippen molar-refractivity contribution in [1.29, 1.82) is 0 Å². The number of carbonyl (C=O) groups is 1. The fourth-order valence-electron chi connectivity index (χ4n) is 4.30. The highest BCUT2D eigenvalue weighted by Gasteiger charge is 2.31. The molecule has 0 saturated carbocycles. The van der Waals surface area contributed by atoms with Crippen molar-refractivity contribution in [3.05, 3.63) is 41.4 Å². The molecule has 5 nitrogen and oxygen atoms in total. The molecule has 2 fully saturated rings. The van der Waals surface area contributed by atoms with E-state index in [1.807, 2.05) is 28.5 Å². The first-order chi connectivity index (χ1) is 14.2. The van der Waals surface area contributed by atoms with Crippen LogP contribution in [0.3, 0.4) is 0 Å². The number of rotatable bonds is 6. The van der Waals surface area contributed by atoms with Crippen molar-refractivity contribution >= 4 is 29.0 Å². The fourth-order valence-corrected chi connectivity index (χ4v) is 5.65. The molecule has 2 aromatic rings. The molecule has 0 atom stereocenters. The Bertz CT molecular complexity index is 783. The lowest BCUT2D eigenvalue weighted by Gasteiger charge is -2.41. The van der Waals surface area contributed by atoms with Gasteiger partial charge in [-0.2, -0.15) is 0 Å². The molecule has 156 valence electrons. The number of carbonyl (C=O) groups excluding carboxylic acids is 1. The minimum atomic E-state index is 0.190. The number of nitrogens with zero attached hydrogens (tertiary/aromatic N) is 3. The Hall–Kier alpha value is -1.57. The van der Waals surface area contributed by atoms with E-state index in [0.29, 0.717) is 6.04 Å². The van der Waals surface area contributed by atoms with Crippen LogP contribution in [0.4, 0.5) is 0 Å². The lowest BCUT2D eigenvalue weighted by atomic mass is 9.98. The lowest BCUT2D eigenvalue weighted by Crippen LogP contribution is -2.50. The normalized spacial score (nSPS) is 19.4. The van der Waals surface area contributed by atoms with Crippen LogP contribution in [0.25, 0.3) is 0 Å². The number of piperidine rings is 2. The molecule has 29 heavy (non-hydrogen) atoms. The predicted molar refractivity (Wildman–Crippen MR) is 119 cm³/mol. The van der Waals surface area contributed by atoms with E-state index < -0.39 is 0 Å². The maximum absolute atomic E-state index is 13.1. The zero-order valence-corrected chi connectivity index (χ0v) is 18.6. The molecule has 0 bridgehead atoms. The van der Waals surface area contributed by atoms with Crippen LogP contribution in [0.1, 0.15) is 43.0 Å². The van der Waals surface area contributed by atoms with E-state index in [9.17, 15) is 4.79 Å². The second-order valence-corrected chi connectivity index (χ2v) is 9.77. The number of likely N-dealkylation sites (tertiary alicyclic amines) is 2. The van der Waals surface area contributed by atoms with Crippen LogP contribution < -0.4 is 4.74 Å². The zero-order valence-electron chi connectivity index (χ0n) is 17.0. The minimum absolute atomic E-state index is 0.190. The summed E-state index contributed by atoms with van der Waals surface area (Å²) in [7, 11) is 0. The highest BCUT2D eigenvalue weighted by atomic mass is 32.2. The molecule has 2 saturated heterocycles. The molecule has 0 spiro atoms. The second-order valence-electron chi connectivity index (χ2n) is 7.60. The largest absolute Gasteiger partial charge is 0.467 e. The van der Waals surface area contributed by atoms with Crippen LogP contribution in [-0.4, -0.2) is 64.8 Å². The zero-order chi connectivity index (χ0) is 20.1. The summed E-state index contributed by atoms with van der Waals surface area (Å²) >= 11 is 3.31. The summed E-state index contributed by atoms with van der Waals surface area (Å²) in [5, 5.41) is 2.75. The number of benzene rings is 1. The molecular weight excluding hydrogens is 402 g/mol. The lowest BCUT2D eigenvalue weighted by molar-refractivity contribution is 0.0423. The second kappa shape index (κ2) is 9.96. The quantitative estimate of drug-likeness (QED) is 0.634. The molecule has 3 heterocycles. The van der Waals surface area contributed by atoms with Crippen molar-refractivity contribution in [1.82, 2.24) is 14.8 Å². The Balaban J connectivity index is 1.26. The first-order valence-corrected chi connectivity index (χ1v) is 12.4. The number of ether oxygens (including phenoxy) is 1. The van der Waals surface area contributed by atoms with Crippen molar-refractivity contribution in [3.8, 4) is 5.19 Å². The number of hydrogen-bond acceptors (Lipinski definition) is 6. The summed E-state index contributed by atoms with van der Waals surface area (Å²) in [5.41, 5.74) is 0.859. The molecular formula is C22H29N3O2S2. The monoisotopic (exact) mass is 431 g/mol. The average Bonchev–Trinajstić information content (AvgIpc) is 3.28. The van der Waals surface area contributed by atoms with Gasteiger partial charge in [0.05, 0.1) is 5.56 Å². The van der Waals surface area contributed by atoms with Gasteiger partial charge in [-0.25, -0.2) is 4.98 Å². The summed E-state index contributed by atoms with van der Waals surface area (Å²) in [6.07, 6.45) is 6.32. The Kier molecular flexibility index (Phi) is 7.11. The average molecular weight is 432 g/mol. The maximum atomic E-state index is 13.1. The molecule has 0 radical (unpaired) electrons. The van der Waals surface area contributed by atoms with Gasteiger partial charge in [-0.15, -0.1) is 11.8 Å². The van der Waals surface area contributed by atoms with Gasteiger partial charge in [-0.05, 0) is 43.6 Å². The smallest absolute Gasteiger partial charge is 0.273 e. The number of amides is 1. The van der Waals surface area contributed by atoms with Gasteiger partial charge >= 0.3 is 0 Å². The summed E-state index contributed by atoms with van der Waals surface area (Å²) < 4.78 is 5.99.